The van der Waals surface area contributed by atoms with Gasteiger partial charge in [0.15, 0.2) is 9.84 Å². The Hall–Kier alpha value is -0.170. The largest absolute Gasteiger partial charge is 0.390 e. The minimum Gasteiger partial charge on any atom is -0.390 e. The van der Waals surface area contributed by atoms with Crippen LogP contribution in [0.25, 0.3) is 0 Å². The average Bonchev–Trinajstić information content (AvgIpc) is 2.61. The number of aliphatic hydroxyl groups is 1. The fraction of sp³-hybridized carbons (Fsp3) is 1.00. The normalized spacial score (nSPS) is 41.1. The van der Waals surface area contributed by atoms with Crippen molar-refractivity contribution >= 4 is 9.84 Å². The third-order valence-electron chi connectivity index (χ3n) is 4.44. The highest BCUT2D eigenvalue weighted by atomic mass is 32.2. The first-order chi connectivity index (χ1) is 8.46. The van der Waals surface area contributed by atoms with Crippen LogP contribution in [-0.2, 0) is 9.84 Å². The average molecular weight is 276 g/mol. The van der Waals surface area contributed by atoms with Gasteiger partial charge in [-0.05, 0) is 25.3 Å². The van der Waals surface area contributed by atoms with Crippen LogP contribution in [0.15, 0.2) is 0 Å². The molecule has 2 saturated heterocycles. The van der Waals surface area contributed by atoms with Crippen LogP contribution in [0.5, 0.6) is 0 Å². The molecular weight excluding hydrogens is 252 g/mol. The first kappa shape index (κ1) is 14.2. The maximum atomic E-state index is 11.6. The van der Waals surface area contributed by atoms with Gasteiger partial charge < -0.3 is 10.8 Å². The van der Waals surface area contributed by atoms with Crippen molar-refractivity contribution < 1.29 is 13.5 Å². The van der Waals surface area contributed by atoms with Gasteiger partial charge in [0.2, 0.25) is 0 Å². The number of hydrogen-bond acceptors (Lipinski definition) is 5. The zero-order valence-electron chi connectivity index (χ0n) is 11.0. The second kappa shape index (κ2) is 5.45. The van der Waals surface area contributed by atoms with Gasteiger partial charge in [0, 0.05) is 12.6 Å². The summed E-state index contributed by atoms with van der Waals surface area (Å²) in [6.07, 6.45) is 2.50. The van der Waals surface area contributed by atoms with E-state index in [9.17, 15) is 13.5 Å². The number of hydrogen-bond donors (Lipinski definition) is 2. The number of likely N-dealkylation sites (tertiary alicyclic amines) is 1. The first-order valence-electron chi connectivity index (χ1n) is 6.81. The SMILES string of the molecule is CCC1CCN(C2CS(=O)(=O)CC2O)C(CN)C1. The highest BCUT2D eigenvalue weighted by Gasteiger charge is 2.43. The monoisotopic (exact) mass is 276 g/mol. The minimum atomic E-state index is -3.08. The lowest BCUT2D eigenvalue weighted by Crippen LogP contribution is -2.55. The highest BCUT2D eigenvalue weighted by Crippen LogP contribution is 2.30. The van der Waals surface area contributed by atoms with Crippen molar-refractivity contribution in [3.63, 3.8) is 0 Å². The lowest BCUT2D eigenvalue weighted by Gasteiger charge is -2.42. The van der Waals surface area contributed by atoms with Gasteiger partial charge in [-0.1, -0.05) is 13.3 Å². The summed E-state index contributed by atoms with van der Waals surface area (Å²) in [6.45, 7) is 3.58. The Morgan fingerprint density at radius 3 is 2.61 bits per heavy atom. The predicted octanol–water partition coefficient (Wildman–Crippen LogP) is -0.406. The van der Waals surface area contributed by atoms with Gasteiger partial charge in [0.25, 0.3) is 0 Å². The zero-order chi connectivity index (χ0) is 13.3. The molecule has 0 bridgehead atoms. The number of aliphatic hydroxyl groups excluding tert-OH is 1. The van der Waals surface area contributed by atoms with Crippen molar-refractivity contribution in [1.29, 1.82) is 0 Å². The van der Waals surface area contributed by atoms with Gasteiger partial charge in [-0.2, -0.15) is 0 Å². The molecule has 2 fully saturated rings. The maximum absolute atomic E-state index is 11.6. The minimum absolute atomic E-state index is 0.0848. The van der Waals surface area contributed by atoms with E-state index in [0.717, 1.165) is 25.8 Å². The molecule has 5 nitrogen and oxygen atoms in total. The summed E-state index contributed by atoms with van der Waals surface area (Å²) in [4.78, 5) is 2.14. The molecule has 0 saturated carbocycles. The maximum Gasteiger partial charge on any atom is 0.154 e. The molecule has 0 spiro atoms. The number of sulfone groups is 1. The van der Waals surface area contributed by atoms with E-state index in [1.165, 1.54) is 0 Å². The lowest BCUT2D eigenvalue weighted by molar-refractivity contribution is 0.0222. The van der Waals surface area contributed by atoms with Gasteiger partial charge >= 0.3 is 0 Å². The molecule has 0 aromatic heterocycles. The standard InChI is InChI=1S/C12H24N2O3S/c1-2-9-3-4-14(10(5-9)6-13)11-7-18(16,17)8-12(11)15/h9-12,15H,2-8,13H2,1H3. The van der Waals surface area contributed by atoms with Crippen LogP contribution >= 0.6 is 0 Å². The Morgan fingerprint density at radius 1 is 1.39 bits per heavy atom. The van der Waals surface area contributed by atoms with Crippen LogP contribution in [0.1, 0.15) is 26.2 Å². The molecular formula is C12H24N2O3S. The van der Waals surface area contributed by atoms with Crippen LogP contribution in [0.3, 0.4) is 0 Å². The molecule has 0 amide bonds. The molecule has 2 aliphatic rings. The number of piperidine rings is 1. The molecule has 0 aromatic rings. The van der Waals surface area contributed by atoms with Crippen LogP contribution in [-0.4, -0.2) is 61.2 Å². The molecule has 3 N–H and O–H groups in total. The first-order valence-corrected chi connectivity index (χ1v) is 8.63. The Morgan fingerprint density at radius 2 is 2.11 bits per heavy atom. The number of nitrogens with two attached hydrogens (primary N) is 1. The zero-order valence-corrected chi connectivity index (χ0v) is 11.8. The fourth-order valence-corrected chi connectivity index (χ4v) is 5.13. The second-order valence-electron chi connectivity index (χ2n) is 5.64. The molecule has 2 rings (SSSR count). The molecule has 0 radical (unpaired) electrons. The molecule has 0 aliphatic carbocycles. The van der Waals surface area contributed by atoms with E-state index in [2.05, 4.69) is 11.8 Å². The van der Waals surface area contributed by atoms with Crippen LogP contribution in [0.4, 0.5) is 0 Å². The molecule has 4 unspecified atom stereocenters. The number of rotatable bonds is 3. The molecule has 6 heteroatoms. The highest BCUT2D eigenvalue weighted by molar-refractivity contribution is 7.91. The van der Waals surface area contributed by atoms with Crippen molar-refractivity contribution in [3.8, 4) is 0 Å². The van der Waals surface area contributed by atoms with Crippen molar-refractivity contribution in [3.05, 3.63) is 0 Å². The smallest absolute Gasteiger partial charge is 0.154 e. The summed E-state index contributed by atoms with van der Waals surface area (Å²) in [6, 6.07) is -0.0296. The molecule has 0 aromatic carbocycles. The van der Waals surface area contributed by atoms with E-state index in [1.54, 1.807) is 0 Å². The summed E-state index contributed by atoms with van der Waals surface area (Å²) < 4.78 is 23.2. The van der Waals surface area contributed by atoms with E-state index >= 15 is 0 Å². The second-order valence-corrected chi connectivity index (χ2v) is 7.79. The summed E-state index contributed by atoms with van der Waals surface area (Å²) in [5.41, 5.74) is 5.82. The van der Waals surface area contributed by atoms with Crippen LogP contribution in [0.2, 0.25) is 0 Å². The third kappa shape index (κ3) is 2.87. The van der Waals surface area contributed by atoms with Gasteiger partial charge in [-0.3, -0.25) is 4.90 Å². The topological polar surface area (TPSA) is 83.6 Å². The lowest BCUT2D eigenvalue weighted by atomic mass is 9.87. The van der Waals surface area contributed by atoms with Crippen LogP contribution in [0, 0.1) is 5.92 Å². The Labute approximate surface area is 109 Å². The van der Waals surface area contributed by atoms with Gasteiger partial charge in [0.05, 0.1) is 23.7 Å². The van der Waals surface area contributed by atoms with Crippen molar-refractivity contribution in [2.45, 2.75) is 44.4 Å². The van der Waals surface area contributed by atoms with Crippen molar-refractivity contribution in [2.24, 2.45) is 11.7 Å². The van der Waals surface area contributed by atoms with Crippen LogP contribution < -0.4 is 5.73 Å². The van der Waals surface area contributed by atoms with E-state index in [4.69, 9.17) is 5.73 Å². The molecule has 2 aliphatic heterocycles. The van der Waals surface area contributed by atoms with Gasteiger partial charge in [-0.15, -0.1) is 0 Å². The van der Waals surface area contributed by atoms with Crippen molar-refractivity contribution in [1.82, 2.24) is 4.90 Å². The fourth-order valence-electron chi connectivity index (χ4n) is 3.32. The van der Waals surface area contributed by atoms with E-state index < -0.39 is 15.9 Å². The summed E-state index contributed by atoms with van der Waals surface area (Å²) in [5, 5.41) is 9.95. The molecule has 2 heterocycles. The number of nitrogens with zero attached hydrogens (tertiary/aromatic N) is 1. The summed E-state index contributed by atoms with van der Waals surface area (Å²) >= 11 is 0. The Kier molecular flexibility index (Phi) is 4.31. The quantitative estimate of drug-likeness (QED) is 0.732. The van der Waals surface area contributed by atoms with E-state index in [1.807, 2.05) is 0 Å². The molecule has 18 heavy (non-hydrogen) atoms. The summed E-state index contributed by atoms with van der Waals surface area (Å²) in [7, 11) is -3.08. The Balaban J connectivity index is 2.08. The van der Waals surface area contributed by atoms with E-state index in [0.29, 0.717) is 12.5 Å². The molecule has 4 atom stereocenters. The molecule has 106 valence electrons. The summed E-state index contributed by atoms with van der Waals surface area (Å²) in [5.74, 6) is 0.675. The Bertz CT molecular complexity index is 385. The van der Waals surface area contributed by atoms with Gasteiger partial charge in [0.1, 0.15) is 0 Å². The predicted molar refractivity (Wildman–Crippen MR) is 71.0 cm³/mol. The van der Waals surface area contributed by atoms with Crippen molar-refractivity contribution in [2.75, 3.05) is 24.6 Å². The van der Waals surface area contributed by atoms with Gasteiger partial charge in [-0.25, -0.2) is 8.42 Å². The third-order valence-corrected chi connectivity index (χ3v) is 6.14. The van der Waals surface area contributed by atoms with E-state index in [-0.39, 0.29) is 23.6 Å².